The largest absolute Gasteiger partial charge is 0.469 e. The molecule has 98 valence electrons. The Balaban J connectivity index is 2.01. The maximum atomic E-state index is 5.37. The highest BCUT2D eigenvalue weighted by molar-refractivity contribution is 5.08. The maximum absolute atomic E-state index is 5.37. The number of nitrogens with one attached hydrogen (secondary N) is 1. The van der Waals surface area contributed by atoms with Crippen LogP contribution in [0.2, 0.25) is 0 Å². The lowest BCUT2D eigenvalue weighted by atomic mass is 10.1. The first kappa shape index (κ1) is 12.9. The molecule has 4 nitrogen and oxygen atoms in total. The normalized spacial score (nSPS) is 12.8. The number of hydrogen-bond donors (Lipinski definition) is 1. The molecule has 0 aromatic carbocycles. The fraction of sp³-hybridized carbons (Fsp3) is 0.500. The Hall–Kier alpha value is -1.55. The van der Waals surface area contributed by atoms with Gasteiger partial charge in [0.25, 0.3) is 0 Å². The Morgan fingerprint density at radius 3 is 3.00 bits per heavy atom. The van der Waals surface area contributed by atoms with Crippen LogP contribution in [0.25, 0.3) is 0 Å². The van der Waals surface area contributed by atoms with Gasteiger partial charge in [-0.25, -0.2) is 0 Å². The SMILES string of the molecule is CCCn1nccc1C(CCc1ccco1)NC. The molecule has 0 aliphatic rings. The molecule has 2 heterocycles. The second kappa shape index (κ2) is 6.40. The summed E-state index contributed by atoms with van der Waals surface area (Å²) < 4.78 is 7.46. The molecule has 0 aliphatic carbocycles. The lowest BCUT2D eigenvalue weighted by Gasteiger charge is -2.17. The predicted molar refractivity (Wildman–Crippen MR) is 71.3 cm³/mol. The van der Waals surface area contributed by atoms with Crippen molar-refractivity contribution in [2.24, 2.45) is 0 Å². The molecular formula is C14H21N3O. The summed E-state index contributed by atoms with van der Waals surface area (Å²) in [5.74, 6) is 1.04. The van der Waals surface area contributed by atoms with E-state index in [9.17, 15) is 0 Å². The minimum atomic E-state index is 0.323. The molecule has 2 rings (SSSR count). The van der Waals surface area contributed by atoms with Gasteiger partial charge < -0.3 is 9.73 Å². The van der Waals surface area contributed by atoms with E-state index >= 15 is 0 Å². The molecule has 2 aromatic heterocycles. The van der Waals surface area contributed by atoms with Crippen molar-refractivity contribution < 1.29 is 4.42 Å². The average molecular weight is 247 g/mol. The second-order valence-corrected chi connectivity index (χ2v) is 4.44. The van der Waals surface area contributed by atoms with Crippen molar-refractivity contribution in [3.8, 4) is 0 Å². The van der Waals surface area contributed by atoms with Gasteiger partial charge in [-0.1, -0.05) is 6.92 Å². The summed E-state index contributed by atoms with van der Waals surface area (Å²) in [6.07, 6.45) is 6.66. The molecule has 1 atom stereocenters. The van der Waals surface area contributed by atoms with Crippen LogP contribution in [0.3, 0.4) is 0 Å². The predicted octanol–water partition coefficient (Wildman–Crippen LogP) is 2.78. The number of nitrogens with zero attached hydrogens (tertiary/aromatic N) is 2. The van der Waals surface area contributed by atoms with Crippen molar-refractivity contribution in [1.82, 2.24) is 15.1 Å². The van der Waals surface area contributed by atoms with E-state index in [2.05, 4.69) is 28.1 Å². The van der Waals surface area contributed by atoms with Gasteiger partial charge in [-0.2, -0.15) is 5.10 Å². The Morgan fingerprint density at radius 2 is 2.33 bits per heavy atom. The van der Waals surface area contributed by atoms with Gasteiger partial charge in [-0.05, 0) is 38.1 Å². The van der Waals surface area contributed by atoms with E-state index < -0.39 is 0 Å². The monoisotopic (exact) mass is 247 g/mol. The number of hydrogen-bond acceptors (Lipinski definition) is 3. The average Bonchev–Trinajstić information content (AvgIpc) is 3.02. The van der Waals surface area contributed by atoms with E-state index in [-0.39, 0.29) is 0 Å². The molecule has 18 heavy (non-hydrogen) atoms. The van der Waals surface area contributed by atoms with Gasteiger partial charge in [-0.3, -0.25) is 4.68 Å². The zero-order chi connectivity index (χ0) is 12.8. The summed E-state index contributed by atoms with van der Waals surface area (Å²) in [5, 5.41) is 7.74. The third-order valence-electron chi connectivity index (χ3n) is 3.15. The van der Waals surface area contributed by atoms with Crippen LogP contribution in [0.1, 0.15) is 37.3 Å². The third-order valence-corrected chi connectivity index (χ3v) is 3.15. The second-order valence-electron chi connectivity index (χ2n) is 4.44. The first-order valence-electron chi connectivity index (χ1n) is 6.56. The van der Waals surface area contributed by atoms with E-state index in [1.54, 1.807) is 6.26 Å². The van der Waals surface area contributed by atoms with Gasteiger partial charge in [0.1, 0.15) is 5.76 Å². The molecule has 0 amide bonds. The van der Waals surface area contributed by atoms with Crippen LogP contribution in [-0.4, -0.2) is 16.8 Å². The van der Waals surface area contributed by atoms with Crippen LogP contribution in [0.4, 0.5) is 0 Å². The van der Waals surface area contributed by atoms with Crippen LogP contribution < -0.4 is 5.32 Å². The summed E-state index contributed by atoms with van der Waals surface area (Å²) in [5.41, 5.74) is 1.26. The van der Waals surface area contributed by atoms with E-state index in [1.165, 1.54) is 5.69 Å². The van der Waals surface area contributed by atoms with Gasteiger partial charge in [0.05, 0.1) is 12.0 Å². The van der Waals surface area contributed by atoms with Gasteiger partial charge >= 0.3 is 0 Å². The molecular weight excluding hydrogens is 226 g/mol. The quantitative estimate of drug-likeness (QED) is 0.818. The topological polar surface area (TPSA) is 43.0 Å². The van der Waals surface area contributed by atoms with Gasteiger partial charge in [0, 0.05) is 25.2 Å². The van der Waals surface area contributed by atoms with Crippen LogP contribution >= 0.6 is 0 Å². The molecule has 1 unspecified atom stereocenters. The van der Waals surface area contributed by atoms with Crippen molar-refractivity contribution in [3.63, 3.8) is 0 Å². The minimum absolute atomic E-state index is 0.323. The van der Waals surface area contributed by atoms with Crippen molar-refractivity contribution in [2.45, 2.75) is 38.8 Å². The third kappa shape index (κ3) is 3.01. The highest BCUT2D eigenvalue weighted by atomic mass is 16.3. The summed E-state index contributed by atoms with van der Waals surface area (Å²) in [6, 6.07) is 6.38. The Bertz CT molecular complexity index is 447. The van der Waals surface area contributed by atoms with Crippen LogP contribution in [0, 0.1) is 0 Å². The summed E-state index contributed by atoms with van der Waals surface area (Å²) in [7, 11) is 2.00. The fourth-order valence-electron chi connectivity index (χ4n) is 2.22. The van der Waals surface area contributed by atoms with Crippen molar-refractivity contribution >= 4 is 0 Å². The minimum Gasteiger partial charge on any atom is -0.469 e. The molecule has 0 saturated heterocycles. The van der Waals surface area contributed by atoms with E-state index in [4.69, 9.17) is 4.42 Å². The summed E-state index contributed by atoms with van der Waals surface area (Å²) >= 11 is 0. The summed E-state index contributed by atoms with van der Waals surface area (Å²) in [6.45, 7) is 3.14. The summed E-state index contributed by atoms with van der Waals surface area (Å²) in [4.78, 5) is 0. The Morgan fingerprint density at radius 1 is 1.44 bits per heavy atom. The van der Waals surface area contributed by atoms with Crippen molar-refractivity contribution in [3.05, 3.63) is 42.1 Å². The maximum Gasteiger partial charge on any atom is 0.103 e. The molecule has 2 aromatic rings. The Labute approximate surface area is 108 Å². The zero-order valence-corrected chi connectivity index (χ0v) is 11.1. The lowest BCUT2D eigenvalue weighted by Crippen LogP contribution is -2.21. The first-order valence-corrected chi connectivity index (χ1v) is 6.56. The van der Waals surface area contributed by atoms with Crippen molar-refractivity contribution in [1.29, 1.82) is 0 Å². The molecule has 0 aliphatic heterocycles. The van der Waals surface area contributed by atoms with E-state index in [0.29, 0.717) is 6.04 Å². The molecule has 0 saturated carbocycles. The lowest BCUT2D eigenvalue weighted by molar-refractivity contribution is 0.444. The molecule has 1 N–H and O–H groups in total. The number of aryl methyl sites for hydroxylation is 2. The van der Waals surface area contributed by atoms with E-state index in [1.807, 2.05) is 25.4 Å². The fourth-order valence-corrected chi connectivity index (χ4v) is 2.22. The van der Waals surface area contributed by atoms with E-state index in [0.717, 1.165) is 31.6 Å². The smallest absolute Gasteiger partial charge is 0.103 e. The van der Waals surface area contributed by atoms with Gasteiger partial charge in [-0.15, -0.1) is 0 Å². The van der Waals surface area contributed by atoms with Crippen LogP contribution in [0.15, 0.2) is 35.1 Å². The standard InChI is InChI=1S/C14H21N3O/c1-3-10-17-14(8-9-16-17)13(15-2)7-6-12-5-4-11-18-12/h4-5,8-9,11,13,15H,3,6-7,10H2,1-2H3. The molecule has 0 fully saturated rings. The molecule has 0 radical (unpaired) electrons. The van der Waals surface area contributed by atoms with Crippen LogP contribution in [0.5, 0.6) is 0 Å². The van der Waals surface area contributed by atoms with Gasteiger partial charge in [0.15, 0.2) is 0 Å². The number of aromatic nitrogens is 2. The molecule has 4 heteroatoms. The number of rotatable bonds is 7. The highest BCUT2D eigenvalue weighted by Gasteiger charge is 2.14. The highest BCUT2D eigenvalue weighted by Crippen LogP contribution is 2.19. The molecule has 0 spiro atoms. The first-order chi connectivity index (χ1) is 8.85. The molecule has 0 bridgehead atoms. The zero-order valence-electron chi connectivity index (χ0n) is 11.1. The Kier molecular flexibility index (Phi) is 4.59. The van der Waals surface area contributed by atoms with Gasteiger partial charge in [0.2, 0.25) is 0 Å². The van der Waals surface area contributed by atoms with Crippen LogP contribution in [-0.2, 0) is 13.0 Å². The van der Waals surface area contributed by atoms with Crippen molar-refractivity contribution in [2.75, 3.05) is 7.05 Å². The number of furan rings is 1.